The second kappa shape index (κ2) is 6.85. The van der Waals surface area contributed by atoms with Crippen molar-refractivity contribution in [2.24, 2.45) is 0 Å². The van der Waals surface area contributed by atoms with E-state index in [4.69, 9.17) is 0 Å². The standard InChI is InChI=1S/C16H19F/c1-4-6-8-13(3)16-11-10-15(17)12-14(16)9-7-5-2/h4,6,8,10-12H,1,3,5,7,9H2,2H3/b8-6-. The fourth-order valence-electron chi connectivity index (χ4n) is 1.72. The van der Waals surface area contributed by atoms with Crippen LogP contribution in [0.4, 0.5) is 4.39 Å². The van der Waals surface area contributed by atoms with Gasteiger partial charge in [0.2, 0.25) is 0 Å². The lowest BCUT2D eigenvalue weighted by Crippen LogP contribution is -1.94. The van der Waals surface area contributed by atoms with E-state index in [1.54, 1.807) is 18.2 Å². The Labute approximate surface area is 103 Å². The van der Waals surface area contributed by atoms with E-state index in [9.17, 15) is 4.39 Å². The third-order valence-corrected chi connectivity index (χ3v) is 2.65. The molecule has 0 amide bonds. The highest BCUT2D eigenvalue weighted by atomic mass is 19.1. The second-order valence-corrected chi connectivity index (χ2v) is 4.03. The van der Waals surface area contributed by atoms with Crippen LogP contribution in [0.25, 0.3) is 5.57 Å². The molecule has 0 aromatic heterocycles. The van der Waals surface area contributed by atoms with Crippen LogP contribution in [0, 0.1) is 5.82 Å². The van der Waals surface area contributed by atoms with Crippen molar-refractivity contribution >= 4 is 5.57 Å². The number of allylic oxidation sites excluding steroid dienone is 4. The molecule has 17 heavy (non-hydrogen) atoms. The monoisotopic (exact) mass is 230 g/mol. The number of hydrogen-bond acceptors (Lipinski definition) is 0. The van der Waals surface area contributed by atoms with Gasteiger partial charge in [0, 0.05) is 0 Å². The Morgan fingerprint density at radius 3 is 2.82 bits per heavy atom. The molecule has 0 aliphatic rings. The van der Waals surface area contributed by atoms with Crippen LogP contribution in [0.1, 0.15) is 30.9 Å². The van der Waals surface area contributed by atoms with Crippen molar-refractivity contribution in [3.63, 3.8) is 0 Å². The molecule has 0 saturated carbocycles. The Bertz CT molecular complexity index is 427. The maximum Gasteiger partial charge on any atom is 0.123 e. The van der Waals surface area contributed by atoms with E-state index in [2.05, 4.69) is 20.1 Å². The van der Waals surface area contributed by atoms with E-state index >= 15 is 0 Å². The maximum absolute atomic E-state index is 13.2. The molecule has 0 aliphatic heterocycles. The minimum Gasteiger partial charge on any atom is -0.207 e. The molecule has 0 saturated heterocycles. The number of unbranched alkanes of at least 4 members (excludes halogenated alkanes) is 1. The van der Waals surface area contributed by atoms with Gasteiger partial charge in [-0.25, -0.2) is 4.39 Å². The summed E-state index contributed by atoms with van der Waals surface area (Å²) in [6.45, 7) is 9.76. The predicted octanol–water partition coefficient (Wildman–Crippen LogP) is 4.92. The first kappa shape index (κ1) is 13.4. The lowest BCUT2D eigenvalue weighted by Gasteiger charge is -2.09. The lowest BCUT2D eigenvalue weighted by molar-refractivity contribution is 0.624. The van der Waals surface area contributed by atoms with Gasteiger partial charge in [0.25, 0.3) is 0 Å². The molecule has 0 aliphatic carbocycles. The Morgan fingerprint density at radius 2 is 2.18 bits per heavy atom. The van der Waals surface area contributed by atoms with Crippen LogP contribution >= 0.6 is 0 Å². The highest BCUT2D eigenvalue weighted by Crippen LogP contribution is 2.22. The number of halogens is 1. The maximum atomic E-state index is 13.2. The Morgan fingerprint density at radius 1 is 1.41 bits per heavy atom. The quantitative estimate of drug-likeness (QED) is 0.608. The van der Waals surface area contributed by atoms with Crippen molar-refractivity contribution < 1.29 is 4.39 Å². The molecule has 0 nitrogen and oxygen atoms in total. The SMILES string of the molecule is C=C/C=C\C(=C)c1ccc(F)cc1CCCC. The lowest BCUT2D eigenvalue weighted by atomic mass is 9.96. The van der Waals surface area contributed by atoms with E-state index in [0.717, 1.165) is 36.0 Å². The van der Waals surface area contributed by atoms with Crippen LogP contribution in [0.3, 0.4) is 0 Å². The fraction of sp³-hybridized carbons (Fsp3) is 0.250. The minimum atomic E-state index is -0.180. The van der Waals surface area contributed by atoms with Crippen LogP contribution in [0.2, 0.25) is 0 Å². The van der Waals surface area contributed by atoms with Gasteiger partial charge >= 0.3 is 0 Å². The zero-order valence-electron chi connectivity index (χ0n) is 10.4. The summed E-state index contributed by atoms with van der Waals surface area (Å²) in [5, 5.41) is 0. The summed E-state index contributed by atoms with van der Waals surface area (Å²) in [5.41, 5.74) is 2.96. The first-order chi connectivity index (χ1) is 8.19. The van der Waals surface area contributed by atoms with Gasteiger partial charge in [-0.3, -0.25) is 0 Å². The Kier molecular flexibility index (Phi) is 5.41. The summed E-state index contributed by atoms with van der Waals surface area (Å²) in [6.07, 6.45) is 8.51. The highest BCUT2D eigenvalue weighted by molar-refractivity contribution is 5.74. The summed E-state index contributed by atoms with van der Waals surface area (Å²) in [6, 6.07) is 4.89. The average molecular weight is 230 g/mol. The van der Waals surface area contributed by atoms with Crippen molar-refractivity contribution in [2.75, 3.05) is 0 Å². The van der Waals surface area contributed by atoms with Crippen molar-refractivity contribution in [1.29, 1.82) is 0 Å². The minimum absolute atomic E-state index is 0.180. The average Bonchev–Trinajstić information content (AvgIpc) is 2.33. The summed E-state index contributed by atoms with van der Waals surface area (Å²) in [4.78, 5) is 0. The molecule has 1 rings (SSSR count). The molecule has 1 aromatic rings. The molecule has 1 heteroatoms. The molecule has 0 heterocycles. The van der Waals surface area contributed by atoms with Crippen LogP contribution in [-0.2, 0) is 6.42 Å². The van der Waals surface area contributed by atoms with E-state index in [1.165, 1.54) is 6.07 Å². The number of aryl methyl sites for hydroxylation is 1. The van der Waals surface area contributed by atoms with Gasteiger partial charge in [0.05, 0.1) is 0 Å². The van der Waals surface area contributed by atoms with Gasteiger partial charge < -0.3 is 0 Å². The number of rotatable bonds is 6. The van der Waals surface area contributed by atoms with Gasteiger partial charge in [-0.2, -0.15) is 0 Å². The first-order valence-electron chi connectivity index (χ1n) is 5.95. The van der Waals surface area contributed by atoms with Crippen molar-refractivity contribution in [2.45, 2.75) is 26.2 Å². The van der Waals surface area contributed by atoms with E-state index in [1.807, 2.05) is 12.2 Å². The third-order valence-electron chi connectivity index (χ3n) is 2.65. The fourth-order valence-corrected chi connectivity index (χ4v) is 1.72. The smallest absolute Gasteiger partial charge is 0.123 e. The zero-order chi connectivity index (χ0) is 12.7. The third kappa shape index (κ3) is 4.03. The van der Waals surface area contributed by atoms with E-state index in [0.29, 0.717) is 0 Å². The van der Waals surface area contributed by atoms with Gasteiger partial charge in [0.1, 0.15) is 5.82 Å². The molecule has 0 fully saturated rings. The van der Waals surface area contributed by atoms with Gasteiger partial charge in [-0.05, 0) is 41.7 Å². The molecule has 0 atom stereocenters. The van der Waals surface area contributed by atoms with Gasteiger partial charge in [-0.1, -0.05) is 50.8 Å². The molecule has 0 bridgehead atoms. The van der Waals surface area contributed by atoms with E-state index < -0.39 is 0 Å². The molecule has 0 radical (unpaired) electrons. The largest absolute Gasteiger partial charge is 0.207 e. The van der Waals surface area contributed by atoms with Crippen LogP contribution in [0.15, 0.2) is 49.6 Å². The topological polar surface area (TPSA) is 0 Å². The van der Waals surface area contributed by atoms with Gasteiger partial charge in [-0.15, -0.1) is 0 Å². The van der Waals surface area contributed by atoms with Crippen LogP contribution < -0.4 is 0 Å². The van der Waals surface area contributed by atoms with E-state index in [-0.39, 0.29) is 5.82 Å². The molecule has 1 aromatic carbocycles. The summed E-state index contributed by atoms with van der Waals surface area (Å²) >= 11 is 0. The summed E-state index contributed by atoms with van der Waals surface area (Å²) in [5.74, 6) is -0.180. The van der Waals surface area contributed by atoms with Crippen LogP contribution in [0.5, 0.6) is 0 Å². The van der Waals surface area contributed by atoms with Crippen molar-refractivity contribution in [3.8, 4) is 0 Å². The van der Waals surface area contributed by atoms with Crippen molar-refractivity contribution in [1.82, 2.24) is 0 Å². The van der Waals surface area contributed by atoms with Gasteiger partial charge in [0.15, 0.2) is 0 Å². The molecule has 0 N–H and O–H groups in total. The number of benzene rings is 1. The molecule has 90 valence electrons. The predicted molar refractivity (Wildman–Crippen MR) is 73.4 cm³/mol. The second-order valence-electron chi connectivity index (χ2n) is 4.03. The first-order valence-corrected chi connectivity index (χ1v) is 5.95. The highest BCUT2D eigenvalue weighted by Gasteiger charge is 2.05. The summed E-state index contributed by atoms with van der Waals surface area (Å²) < 4.78 is 13.2. The zero-order valence-corrected chi connectivity index (χ0v) is 10.4. The Hall–Kier alpha value is -1.63. The molecule has 0 unspecified atom stereocenters. The normalized spacial score (nSPS) is 10.7. The van der Waals surface area contributed by atoms with Crippen LogP contribution in [-0.4, -0.2) is 0 Å². The summed E-state index contributed by atoms with van der Waals surface area (Å²) in [7, 11) is 0. The van der Waals surface area contributed by atoms with Crippen molar-refractivity contribution in [3.05, 3.63) is 66.5 Å². The molecular weight excluding hydrogens is 211 g/mol. The molecular formula is C16H19F. The molecule has 0 spiro atoms. The number of hydrogen-bond donors (Lipinski definition) is 0. The Balaban J connectivity index is 3.00.